The average molecular weight is 267 g/mol. The van der Waals surface area contributed by atoms with Gasteiger partial charge in [-0.2, -0.15) is 5.10 Å². The van der Waals surface area contributed by atoms with E-state index in [0.29, 0.717) is 5.56 Å². The highest BCUT2D eigenvalue weighted by Crippen LogP contribution is 2.13. The first kappa shape index (κ1) is 12.5. The van der Waals surface area contributed by atoms with Gasteiger partial charge in [0.25, 0.3) is 0 Å². The summed E-state index contributed by atoms with van der Waals surface area (Å²) in [6.07, 6.45) is 0. The summed E-state index contributed by atoms with van der Waals surface area (Å²) >= 11 is 0. The molecule has 1 heterocycles. The summed E-state index contributed by atoms with van der Waals surface area (Å²) < 4.78 is 19.3. The summed E-state index contributed by atoms with van der Waals surface area (Å²) in [4.78, 5) is 11.2. The van der Waals surface area contributed by atoms with Gasteiger partial charge in [0.2, 0.25) is 0 Å². The summed E-state index contributed by atoms with van der Waals surface area (Å²) in [6.45, 7) is 0.155. The van der Waals surface area contributed by atoms with E-state index in [1.54, 1.807) is 18.2 Å². The Morgan fingerprint density at radius 3 is 2.89 bits per heavy atom. The number of carbonyl (C=O) groups is 1. The largest absolute Gasteiger partial charge is 0.447 e. The van der Waals surface area contributed by atoms with Crippen LogP contribution < -0.4 is 5.73 Å². The monoisotopic (exact) mass is 267 g/mol. The van der Waals surface area contributed by atoms with Gasteiger partial charge in [-0.1, -0.05) is 18.2 Å². The zero-order chi connectivity index (χ0) is 13.1. The molecule has 94 valence electrons. The van der Waals surface area contributed by atoms with Crippen LogP contribution in [0.25, 0.3) is 0 Å². The molecular formula is C11H11FN3O2P. The lowest BCUT2D eigenvalue weighted by Crippen LogP contribution is -2.08. The molecule has 0 bridgehead atoms. The van der Waals surface area contributed by atoms with Gasteiger partial charge in [-0.05, 0) is 6.07 Å². The Morgan fingerprint density at radius 2 is 2.22 bits per heavy atom. The number of carbonyl (C=O) groups excluding carboxylic acids is 1. The predicted molar refractivity (Wildman–Crippen MR) is 67.3 cm³/mol. The van der Waals surface area contributed by atoms with Crippen LogP contribution in [0, 0.1) is 5.82 Å². The second-order valence-corrected chi connectivity index (χ2v) is 3.84. The topological polar surface area (TPSA) is 70.1 Å². The summed E-state index contributed by atoms with van der Waals surface area (Å²) in [7, 11) is 1.84. The van der Waals surface area contributed by atoms with E-state index in [0.717, 1.165) is 0 Å². The van der Waals surface area contributed by atoms with Gasteiger partial charge in [0.15, 0.2) is 5.69 Å². The molecule has 2 aromatic rings. The van der Waals surface area contributed by atoms with E-state index >= 15 is 0 Å². The molecular weight excluding hydrogens is 256 g/mol. The number of rotatable bonds is 3. The number of nitrogens with two attached hydrogens (primary N) is 1. The normalized spacial score (nSPS) is 10.3. The maximum atomic E-state index is 13.5. The molecule has 2 N–H and O–H groups in total. The van der Waals surface area contributed by atoms with Crippen molar-refractivity contribution in [2.75, 3.05) is 5.73 Å². The SMILES string of the molecule is Nc1cc(C(=O)OP)nn1Cc1ccccc1F. The fourth-order valence-corrected chi connectivity index (χ4v) is 1.63. The second kappa shape index (κ2) is 5.14. The lowest BCUT2D eigenvalue weighted by Gasteiger charge is -2.04. The molecule has 18 heavy (non-hydrogen) atoms. The summed E-state index contributed by atoms with van der Waals surface area (Å²) in [5.41, 5.74) is 6.22. The minimum atomic E-state index is -0.612. The summed E-state index contributed by atoms with van der Waals surface area (Å²) in [5.74, 6) is -0.690. The minimum absolute atomic E-state index is 0.0823. The van der Waals surface area contributed by atoms with Crippen molar-refractivity contribution in [1.82, 2.24) is 9.78 Å². The molecule has 0 radical (unpaired) electrons. The smallest absolute Gasteiger partial charge is 0.361 e. The standard InChI is InChI=1S/C11H11FN3O2P/c12-8-4-2-1-3-7(8)6-15-10(13)5-9(14-15)11(16)17-18/h1-5H,6,13,18H2. The molecule has 0 amide bonds. The Kier molecular flexibility index (Phi) is 3.58. The molecule has 0 aliphatic carbocycles. The van der Waals surface area contributed by atoms with Crippen LogP contribution in [0.4, 0.5) is 10.2 Å². The van der Waals surface area contributed by atoms with Gasteiger partial charge in [-0.3, -0.25) is 0 Å². The van der Waals surface area contributed by atoms with Crippen LogP contribution in [0.3, 0.4) is 0 Å². The molecule has 1 aromatic heterocycles. The molecule has 7 heteroatoms. The Bertz CT molecular complexity index is 585. The van der Waals surface area contributed by atoms with Crippen molar-refractivity contribution in [2.24, 2.45) is 0 Å². The van der Waals surface area contributed by atoms with Crippen molar-refractivity contribution in [2.45, 2.75) is 6.54 Å². The maximum Gasteiger partial charge on any atom is 0.361 e. The fourth-order valence-electron chi connectivity index (χ4n) is 1.51. The number of hydrogen-bond donors (Lipinski definition) is 1. The van der Waals surface area contributed by atoms with Crippen LogP contribution in [-0.2, 0) is 11.1 Å². The fraction of sp³-hybridized carbons (Fsp3) is 0.0909. The van der Waals surface area contributed by atoms with Crippen molar-refractivity contribution >= 4 is 21.3 Å². The zero-order valence-corrected chi connectivity index (χ0v) is 10.5. The van der Waals surface area contributed by atoms with E-state index in [4.69, 9.17) is 5.73 Å². The molecule has 1 unspecified atom stereocenters. The minimum Gasteiger partial charge on any atom is -0.447 e. The molecule has 0 saturated carbocycles. The summed E-state index contributed by atoms with van der Waals surface area (Å²) in [6, 6.07) is 7.68. The Balaban J connectivity index is 2.27. The van der Waals surface area contributed by atoms with Crippen LogP contribution in [0.1, 0.15) is 16.1 Å². The molecule has 0 spiro atoms. The van der Waals surface area contributed by atoms with Gasteiger partial charge in [0.1, 0.15) is 11.6 Å². The average Bonchev–Trinajstić information content (AvgIpc) is 2.73. The van der Waals surface area contributed by atoms with Crippen molar-refractivity contribution < 1.29 is 13.7 Å². The highest BCUT2D eigenvalue weighted by molar-refractivity contribution is 7.10. The van der Waals surface area contributed by atoms with Crippen LogP contribution in [0.5, 0.6) is 0 Å². The second-order valence-electron chi connectivity index (χ2n) is 3.61. The Morgan fingerprint density at radius 1 is 1.50 bits per heavy atom. The molecule has 0 fully saturated rings. The quantitative estimate of drug-likeness (QED) is 0.857. The Hall–Kier alpha value is -1.94. The predicted octanol–water partition coefficient (Wildman–Crippen LogP) is 1.60. The Labute approximate surface area is 105 Å². The lowest BCUT2D eigenvalue weighted by atomic mass is 10.2. The first-order chi connectivity index (χ1) is 8.61. The molecule has 0 aliphatic rings. The van der Waals surface area contributed by atoms with E-state index in [-0.39, 0.29) is 23.9 Å². The van der Waals surface area contributed by atoms with Gasteiger partial charge in [-0.25, -0.2) is 13.9 Å². The van der Waals surface area contributed by atoms with Crippen molar-refractivity contribution in [3.8, 4) is 0 Å². The van der Waals surface area contributed by atoms with E-state index in [1.165, 1.54) is 16.8 Å². The molecule has 5 nitrogen and oxygen atoms in total. The van der Waals surface area contributed by atoms with Crippen LogP contribution >= 0.6 is 9.47 Å². The third-order valence-corrected chi connectivity index (χ3v) is 2.62. The lowest BCUT2D eigenvalue weighted by molar-refractivity contribution is 0.0758. The van der Waals surface area contributed by atoms with Crippen molar-refractivity contribution in [3.05, 3.63) is 47.4 Å². The first-order valence-corrected chi connectivity index (χ1v) is 5.56. The van der Waals surface area contributed by atoms with Crippen LogP contribution in [0.15, 0.2) is 30.3 Å². The van der Waals surface area contributed by atoms with Crippen LogP contribution in [0.2, 0.25) is 0 Å². The third-order valence-electron chi connectivity index (χ3n) is 2.41. The zero-order valence-electron chi connectivity index (χ0n) is 9.34. The molecule has 1 atom stereocenters. The van der Waals surface area contributed by atoms with Gasteiger partial charge in [-0.15, -0.1) is 0 Å². The number of nitrogens with zero attached hydrogens (tertiary/aromatic N) is 2. The number of aromatic nitrogens is 2. The van der Waals surface area contributed by atoms with E-state index in [9.17, 15) is 9.18 Å². The van der Waals surface area contributed by atoms with Crippen molar-refractivity contribution in [1.29, 1.82) is 0 Å². The van der Waals surface area contributed by atoms with Gasteiger partial charge in [0.05, 0.1) is 16.0 Å². The van der Waals surface area contributed by atoms with Crippen molar-refractivity contribution in [3.63, 3.8) is 0 Å². The van der Waals surface area contributed by atoms with E-state index in [2.05, 4.69) is 9.62 Å². The number of hydrogen-bond acceptors (Lipinski definition) is 4. The first-order valence-electron chi connectivity index (χ1n) is 5.09. The van der Waals surface area contributed by atoms with Gasteiger partial charge < -0.3 is 10.3 Å². The van der Waals surface area contributed by atoms with E-state index in [1.807, 2.05) is 9.47 Å². The number of halogens is 1. The van der Waals surface area contributed by atoms with Gasteiger partial charge in [0, 0.05) is 11.6 Å². The van der Waals surface area contributed by atoms with Crippen LogP contribution in [-0.4, -0.2) is 15.7 Å². The van der Waals surface area contributed by atoms with Gasteiger partial charge >= 0.3 is 5.97 Å². The molecule has 2 rings (SSSR count). The summed E-state index contributed by atoms with van der Waals surface area (Å²) in [5, 5.41) is 3.95. The van der Waals surface area contributed by atoms with E-state index < -0.39 is 5.97 Å². The molecule has 0 aliphatic heterocycles. The highest BCUT2D eigenvalue weighted by Gasteiger charge is 2.13. The number of anilines is 1. The maximum absolute atomic E-state index is 13.5. The molecule has 0 saturated heterocycles. The molecule has 1 aromatic carbocycles. The third kappa shape index (κ3) is 2.49. The number of nitrogen functional groups attached to an aromatic ring is 1. The highest BCUT2D eigenvalue weighted by atomic mass is 31.0. The number of benzene rings is 1.